The molecule has 1 aromatic rings. The van der Waals surface area contributed by atoms with Crippen LogP contribution in [-0.4, -0.2) is 23.7 Å². The van der Waals surface area contributed by atoms with Crippen molar-refractivity contribution in [3.8, 4) is 0 Å². The maximum atomic E-state index is 11.1. The monoisotopic (exact) mass is 281 g/mol. The number of rotatable bonds is 4. The maximum Gasteiger partial charge on any atom is 0.323 e. The molecule has 0 amide bonds. The van der Waals surface area contributed by atoms with Gasteiger partial charge in [-0.05, 0) is 49.8 Å². The van der Waals surface area contributed by atoms with Gasteiger partial charge in [0.25, 0.3) is 0 Å². The Morgan fingerprint density at radius 2 is 2.05 bits per heavy atom. The molecule has 1 aliphatic carbocycles. The van der Waals surface area contributed by atoms with Gasteiger partial charge >= 0.3 is 5.97 Å². The molecule has 104 valence electrons. The molecule has 0 radical (unpaired) electrons. The SMILES string of the molecule is CC1CCC(N(CC(=O)O)c2cccc(Cl)c2)CC1. The molecule has 0 aliphatic heterocycles. The van der Waals surface area contributed by atoms with Crippen LogP contribution in [0, 0.1) is 5.92 Å². The van der Waals surface area contributed by atoms with Crippen LogP contribution >= 0.6 is 11.6 Å². The van der Waals surface area contributed by atoms with E-state index in [1.807, 2.05) is 29.2 Å². The number of halogens is 1. The molecule has 2 rings (SSSR count). The number of anilines is 1. The van der Waals surface area contributed by atoms with Crippen LogP contribution in [0.5, 0.6) is 0 Å². The largest absolute Gasteiger partial charge is 0.480 e. The van der Waals surface area contributed by atoms with Crippen molar-refractivity contribution in [2.45, 2.75) is 38.6 Å². The summed E-state index contributed by atoms with van der Waals surface area (Å²) in [5, 5.41) is 9.77. The lowest BCUT2D eigenvalue weighted by atomic mass is 9.86. The average molecular weight is 282 g/mol. The molecule has 4 heteroatoms. The molecule has 0 heterocycles. The van der Waals surface area contributed by atoms with Crippen LogP contribution in [0.2, 0.25) is 5.02 Å². The summed E-state index contributed by atoms with van der Waals surface area (Å²) in [4.78, 5) is 13.1. The minimum absolute atomic E-state index is 0.0411. The molecule has 1 aliphatic rings. The molecule has 0 unspecified atom stereocenters. The Hall–Kier alpha value is -1.22. The third-order valence-electron chi connectivity index (χ3n) is 3.87. The van der Waals surface area contributed by atoms with Gasteiger partial charge in [-0.3, -0.25) is 4.79 Å². The first kappa shape index (κ1) is 14.2. The van der Waals surface area contributed by atoms with Gasteiger partial charge < -0.3 is 10.0 Å². The number of carbonyl (C=O) groups is 1. The summed E-state index contributed by atoms with van der Waals surface area (Å²) < 4.78 is 0. The van der Waals surface area contributed by atoms with Crippen molar-refractivity contribution in [1.29, 1.82) is 0 Å². The predicted molar refractivity (Wildman–Crippen MR) is 77.9 cm³/mol. The van der Waals surface area contributed by atoms with Crippen LogP contribution < -0.4 is 4.90 Å². The number of carboxylic acid groups (broad SMARTS) is 1. The second kappa shape index (κ2) is 6.29. The Balaban J connectivity index is 2.18. The molecule has 0 bridgehead atoms. The van der Waals surface area contributed by atoms with Crippen LogP contribution in [0.3, 0.4) is 0 Å². The molecule has 3 nitrogen and oxygen atoms in total. The number of hydrogen-bond donors (Lipinski definition) is 1. The molecule has 1 saturated carbocycles. The first-order valence-electron chi connectivity index (χ1n) is 6.80. The van der Waals surface area contributed by atoms with Crippen LogP contribution in [0.1, 0.15) is 32.6 Å². The number of benzene rings is 1. The van der Waals surface area contributed by atoms with Crippen LogP contribution in [0.25, 0.3) is 0 Å². The molecule has 0 aromatic heterocycles. The fourth-order valence-corrected chi connectivity index (χ4v) is 2.97. The highest BCUT2D eigenvalue weighted by molar-refractivity contribution is 6.30. The number of aliphatic carboxylic acids is 1. The van der Waals surface area contributed by atoms with E-state index in [4.69, 9.17) is 16.7 Å². The lowest BCUT2D eigenvalue weighted by molar-refractivity contribution is -0.135. The van der Waals surface area contributed by atoms with Gasteiger partial charge in [0.15, 0.2) is 0 Å². The third kappa shape index (κ3) is 3.87. The highest BCUT2D eigenvalue weighted by Gasteiger charge is 2.25. The van der Waals surface area contributed by atoms with Crippen molar-refractivity contribution < 1.29 is 9.90 Å². The van der Waals surface area contributed by atoms with Gasteiger partial charge in [-0.1, -0.05) is 24.6 Å². The summed E-state index contributed by atoms with van der Waals surface area (Å²) in [6.45, 7) is 2.30. The zero-order valence-electron chi connectivity index (χ0n) is 11.2. The molecular weight excluding hydrogens is 262 g/mol. The second-order valence-electron chi connectivity index (χ2n) is 5.42. The average Bonchev–Trinajstić information content (AvgIpc) is 2.37. The fourth-order valence-electron chi connectivity index (χ4n) is 2.79. The van der Waals surface area contributed by atoms with E-state index in [1.54, 1.807) is 0 Å². The Morgan fingerprint density at radius 3 is 2.63 bits per heavy atom. The van der Waals surface area contributed by atoms with Crippen LogP contribution in [0.4, 0.5) is 5.69 Å². The molecule has 0 saturated heterocycles. The standard InChI is InChI=1S/C15H20ClNO2/c1-11-5-7-13(8-6-11)17(10-15(18)19)14-4-2-3-12(16)9-14/h2-4,9,11,13H,5-8,10H2,1H3,(H,18,19). The van der Waals surface area contributed by atoms with E-state index in [0.29, 0.717) is 11.1 Å². The Morgan fingerprint density at radius 1 is 1.37 bits per heavy atom. The third-order valence-corrected chi connectivity index (χ3v) is 4.11. The Bertz CT molecular complexity index is 442. The molecule has 1 N–H and O–H groups in total. The first-order valence-corrected chi connectivity index (χ1v) is 7.18. The lowest BCUT2D eigenvalue weighted by Gasteiger charge is -2.36. The van der Waals surface area contributed by atoms with E-state index in [-0.39, 0.29) is 6.54 Å². The van der Waals surface area contributed by atoms with Crippen molar-refractivity contribution >= 4 is 23.3 Å². The normalized spacial score (nSPS) is 23.1. The Labute approximate surface area is 119 Å². The van der Waals surface area contributed by atoms with Crippen molar-refractivity contribution in [3.63, 3.8) is 0 Å². The maximum absolute atomic E-state index is 11.1. The van der Waals surface area contributed by atoms with E-state index >= 15 is 0 Å². The Kier molecular flexibility index (Phi) is 4.70. The summed E-state index contributed by atoms with van der Waals surface area (Å²) in [6, 6.07) is 7.78. The van der Waals surface area contributed by atoms with Crippen LogP contribution in [-0.2, 0) is 4.79 Å². The zero-order chi connectivity index (χ0) is 13.8. The van der Waals surface area contributed by atoms with Gasteiger partial charge in [-0.15, -0.1) is 0 Å². The first-order chi connectivity index (χ1) is 9.06. The second-order valence-corrected chi connectivity index (χ2v) is 5.85. The minimum atomic E-state index is -0.793. The summed E-state index contributed by atoms with van der Waals surface area (Å²) in [7, 11) is 0. The molecule has 1 fully saturated rings. The van der Waals surface area contributed by atoms with Gasteiger partial charge in [0.05, 0.1) is 0 Å². The van der Waals surface area contributed by atoms with E-state index < -0.39 is 5.97 Å². The highest BCUT2D eigenvalue weighted by atomic mass is 35.5. The summed E-state index contributed by atoms with van der Waals surface area (Å²) in [6.07, 6.45) is 4.45. The number of nitrogens with zero attached hydrogens (tertiary/aromatic N) is 1. The highest BCUT2D eigenvalue weighted by Crippen LogP contribution is 2.31. The topological polar surface area (TPSA) is 40.5 Å². The lowest BCUT2D eigenvalue weighted by Crippen LogP contribution is -2.41. The molecule has 19 heavy (non-hydrogen) atoms. The van der Waals surface area contributed by atoms with Crippen molar-refractivity contribution in [1.82, 2.24) is 0 Å². The molecule has 1 aromatic carbocycles. The van der Waals surface area contributed by atoms with E-state index in [0.717, 1.165) is 24.4 Å². The predicted octanol–water partition coefficient (Wildman–Crippen LogP) is 3.81. The molecule has 0 spiro atoms. The van der Waals surface area contributed by atoms with Gasteiger partial charge in [0, 0.05) is 16.8 Å². The van der Waals surface area contributed by atoms with Gasteiger partial charge in [0.1, 0.15) is 6.54 Å². The van der Waals surface area contributed by atoms with Crippen molar-refractivity contribution in [3.05, 3.63) is 29.3 Å². The van der Waals surface area contributed by atoms with E-state index in [1.165, 1.54) is 12.8 Å². The van der Waals surface area contributed by atoms with Gasteiger partial charge in [-0.2, -0.15) is 0 Å². The van der Waals surface area contributed by atoms with Crippen molar-refractivity contribution in [2.24, 2.45) is 5.92 Å². The van der Waals surface area contributed by atoms with Gasteiger partial charge in [-0.25, -0.2) is 0 Å². The van der Waals surface area contributed by atoms with Crippen molar-refractivity contribution in [2.75, 3.05) is 11.4 Å². The molecule has 0 atom stereocenters. The van der Waals surface area contributed by atoms with E-state index in [2.05, 4.69) is 6.92 Å². The summed E-state index contributed by atoms with van der Waals surface area (Å²) in [5.74, 6) is -0.0408. The zero-order valence-corrected chi connectivity index (χ0v) is 11.9. The summed E-state index contributed by atoms with van der Waals surface area (Å²) in [5.41, 5.74) is 0.912. The van der Waals surface area contributed by atoms with Crippen LogP contribution in [0.15, 0.2) is 24.3 Å². The number of hydrogen-bond acceptors (Lipinski definition) is 2. The summed E-state index contributed by atoms with van der Waals surface area (Å²) >= 11 is 6.01. The minimum Gasteiger partial charge on any atom is -0.480 e. The quantitative estimate of drug-likeness (QED) is 0.912. The molecular formula is C15H20ClNO2. The smallest absolute Gasteiger partial charge is 0.323 e. The fraction of sp³-hybridized carbons (Fsp3) is 0.533. The van der Waals surface area contributed by atoms with Gasteiger partial charge in [0.2, 0.25) is 0 Å². The number of carboxylic acids is 1. The van der Waals surface area contributed by atoms with E-state index in [9.17, 15) is 4.79 Å².